The second-order valence-electron chi connectivity index (χ2n) is 4.32. The summed E-state index contributed by atoms with van der Waals surface area (Å²) in [6, 6.07) is 2.05. The lowest BCUT2D eigenvalue weighted by molar-refractivity contribution is -0.115. The van der Waals surface area contributed by atoms with Gasteiger partial charge in [-0.2, -0.15) is 0 Å². The Bertz CT molecular complexity index is 450. The number of carbonyl (C=O) groups is 1. The molecule has 0 saturated heterocycles. The number of amides is 1. The molecule has 0 bridgehead atoms. The zero-order valence-electron chi connectivity index (χ0n) is 9.84. The number of anilines is 1. The number of rotatable bonds is 2. The molecule has 2 heterocycles. The van der Waals surface area contributed by atoms with E-state index >= 15 is 0 Å². The predicted molar refractivity (Wildman–Crippen MR) is 63.8 cm³/mol. The first-order chi connectivity index (χ1) is 8.29. The van der Waals surface area contributed by atoms with Crippen molar-refractivity contribution in [1.82, 2.24) is 0 Å². The predicted octanol–water partition coefficient (Wildman–Crippen LogP) is 1.90. The first-order valence-corrected chi connectivity index (χ1v) is 6.03. The molecule has 3 rings (SSSR count). The van der Waals surface area contributed by atoms with E-state index in [0.717, 1.165) is 41.2 Å². The van der Waals surface area contributed by atoms with Crippen LogP contribution >= 0.6 is 0 Å². The summed E-state index contributed by atoms with van der Waals surface area (Å²) in [4.78, 5) is 11.6. The fourth-order valence-corrected chi connectivity index (χ4v) is 2.35. The van der Waals surface area contributed by atoms with Crippen molar-refractivity contribution < 1.29 is 14.3 Å². The first-order valence-electron chi connectivity index (χ1n) is 6.03. The third-order valence-corrected chi connectivity index (χ3v) is 3.24. The quantitative estimate of drug-likeness (QED) is 0.848. The Morgan fingerprint density at radius 1 is 1.35 bits per heavy atom. The van der Waals surface area contributed by atoms with Gasteiger partial charge in [-0.05, 0) is 6.07 Å². The van der Waals surface area contributed by atoms with Crippen LogP contribution in [0.3, 0.4) is 0 Å². The van der Waals surface area contributed by atoms with E-state index in [1.165, 1.54) is 0 Å². The van der Waals surface area contributed by atoms with E-state index in [0.29, 0.717) is 19.6 Å². The lowest BCUT2D eigenvalue weighted by Gasteiger charge is -2.13. The van der Waals surface area contributed by atoms with E-state index in [-0.39, 0.29) is 5.91 Å². The van der Waals surface area contributed by atoms with Crippen LogP contribution in [0.4, 0.5) is 5.69 Å². The van der Waals surface area contributed by atoms with Crippen molar-refractivity contribution in [1.29, 1.82) is 0 Å². The van der Waals surface area contributed by atoms with Crippen LogP contribution in [-0.2, 0) is 17.6 Å². The summed E-state index contributed by atoms with van der Waals surface area (Å²) >= 11 is 0. The van der Waals surface area contributed by atoms with Gasteiger partial charge in [0, 0.05) is 30.4 Å². The number of fused-ring (bicyclic) bond motifs is 2. The molecular formula is C13H15NO3. The Labute approximate surface area is 99.9 Å². The molecule has 17 heavy (non-hydrogen) atoms. The fraction of sp³-hybridized carbons (Fsp3) is 0.462. The molecule has 4 heteroatoms. The van der Waals surface area contributed by atoms with Gasteiger partial charge in [-0.25, -0.2) is 0 Å². The zero-order valence-corrected chi connectivity index (χ0v) is 9.84. The van der Waals surface area contributed by atoms with E-state index in [1.54, 1.807) is 0 Å². The molecule has 1 aromatic rings. The van der Waals surface area contributed by atoms with Gasteiger partial charge >= 0.3 is 0 Å². The second-order valence-corrected chi connectivity index (χ2v) is 4.32. The molecule has 1 amide bonds. The van der Waals surface area contributed by atoms with Gasteiger partial charge in [0.25, 0.3) is 0 Å². The van der Waals surface area contributed by atoms with Crippen molar-refractivity contribution in [3.8, 4) is 11.5 Å². The topological polar surface area (TPSA) is 47.6 Å². The normalized spacial score (nSPS) is 15.8. The van der Waals surface area contributed by atoms with Crippen LogP contribution in [0.15, 0.2) is 6.07 Å². The molecule has 0 spiro atoms. The molecule has 4 nitrogen and oxygen atoms in total. The highest BCUT2D eigenvalue weighted by molar-refractivity contribution is 5.94. The SMILES string of the molecule is CCC(=O)Nc1c2c(cc3c1OCC3)OCC2. The van der Waals surface area contributed by atoms with Gasteiger partial charge in [0.05, 0.1) is 18.9 Å². The smallest absolute Gasteiger partial charge is 0.224 e. The van der Waals surface area contributed by atoms with E-state index in [1.807, 2.05) is 13.0 Å². The number of hydrogen-bond acceptors (Lipinski definition) is 3. The molecule has 2 aliphatic rings. The third-order valence-electron chi connectivity index (χ3n) is 3.24. The van der Waals surface area contributed by atoms with Gasteiger partial charge < -0.3 is 14.8 Å². The number of ether oxygens (including phenoxy) is 2. The van der Waals surface area contributed by atoms with Crippen molar-refractivity contribution in [2.24, 2.45) is 0 Å². The second kappa shape index (κ2) is 3.95. The monoisotopic (exact) mass is 233 g/mol. The summed E-state index contributed by atoms with van der Waals surface area (Å²) in [6.07, 6.45) is 2.20. The summed E-state index contributed by atoms with van der Waals surface area (Å²) in [6.45, 7) is 3.22. The first kappa shape index (κ1) is 10.4. The minimum atomic E-state index is 0.0167. The molecule has 1 N–H and O–H groups in total. The molecule has 0 radical (unpaired) electrons. The summed E-state index contributed by atoms with van der Waals surface area (Å²) in [5.41, 5.74) is 3.05. The Morgan fingerprint density at radius 3 is 3.00 bits per heavy atom. The summed E-state index contributed by atoms with van der Waals surface area (Å²) in [7, 11) is 0. The Hall–Kier alpha value is -1.71. The molecule has 0 unspecified atom stereocenters. The Balaban J connectivity index is 2.08. The van der Waals surface area contributed by atoms with Crippen molar-refractivity contribution in [2.45, 2.75) is 26.2 Å². The van der Waals surface area contributed by atoms with E-state index in [4.69, 9.17) is 9.47 Å². The number of carbonyl (C=O) groups excluding carboxylic acids is 1. The highest BCUT2D eigenvalue weighted by Gasteiger charge is 2.27. The Kier molecular flexibility index (Phi) is 2.42. The zero-order chi connectivity index (χ0) is 11.8. The largest absolute Gasteiger partial charge is 0.493 e. The molecular weight excluding hydrogens is 218 g/mol. The highest BCUT2D eigenvalue weighted by atomic mass is 16.5. The number of hydrogen-bond donors (Lipinski definition) is 1. The number of benzene rings is 1. The average molecular weight is 233 g/mol. The maximum absolute atomic E-state index is 11.6. The van der Waals surface area contributed by atoms with Crippen molar-refractivity contribution in [3.05, 3.63) is 17.2 Å². The van der Waals surface area contributed by atoms with Crippen LogP contribution in [0.1, 0.15) is 24.5 Å². The molecule has 0 aliphatic carbocycles. The summed E-state index contributed by atoms with van der Waals surface area (Å²) < 4.78 is 11.2. The van der Waals surface area contributed by atoms with Crippen LogP contribution in [0.25, 0.3) is 0 Å². The molecule has 0 fully saturated rings. The summed E-state index contributed by atoms with van der Waals surface area (Å²) in [5, 5.41) is 2.95. The van der Waals surface area contributed by atoms with Gasteiger partial charge in [0.15, 0.2) is 0 Å². The fourth-order valence-electron chi connectivity index (χ4n) is 2.35. The molecule has 90 valence electrons. The molecule has 1 aromatic carbocycles. The molecule has 0 atom stereocenters. The minimum absolute atomic E-state index is 0.0167. The van der Waals surface area contributed by atoms with Crippen molar-refractivity contribution in [3.63, 3.8) is 0 Å². The van der Waals surface area contributed by atoms with Crippen molar-refractivity contribution >= 4 is 11.6 Å². The number of nitrogens with one attached hydrogen (secondary N) is 1. The Morgan fingerprint density at radius 2 is 2.18 bits per heavy atom. The van der Waals surface area contributed by atoms with Gasteiger partial charge in [-0.3, -0.25) is 4.79 Å². The van der Waals surface area contributed by atoms with Crippen LogP contribution < -0.4 is 14.8 Å². The molecule has 0 saturated carbocycles. The van der Waals surface area contributed by atoms with E-state index < -0.39 is 0 Å². The molecule has 2 aliphatic heterocycles. The van der Waals surface area contributed by atoms with Gasteiger partial charge in [-0.15, -0.1) is 0 Å². The maximum atomic E-state index is 11.6. The van der Waals surface area contributed by atoms with Crippen LogP contribution in [-0.4, -0.2) is 19.1 Å². The van der Waals surface area contributed by atoms with Crippen LogP contribution in [0.2, 0.25) is 0 Å². The van der Waals surface area contributed by atoms with Crippen molar-refractivity contribution in [2.75, 3.05) is 18.5 Å². The van der Waals surface area contributed by atoms with Crippen LogP contribution in [0.5, 0.6) is 11.5 Å². The van der Waals surface area contributed by atoms with Crippen LogP contribution in [0, 0.1) is 0 Å². The van der Waals surface area contributed by atoms with Gasteiger partial charge in [-0.1, -0.05) is 6.92 Å². The van der Waals surface area contributed by atoms with E-state index in [9.17, 15) is 4.79 Å². The van der Waals surface area contributed by atoms with Gasteiger partial charge in [0.2, 0.25) is 5.91 Å². The molecule has 0 aromatic heterocycles. The van der Waals surface area contributed by atoms with E-state index in [2.05, 4.69) is 5.32 Å². The third kappa shape index (κ3) is 1.64. The van der Waals surface area contributed by atoms with Gasteiger partial charge in [0.1, 0.15) is 11.5 Å². The lowest BCUT2D eigenvalue weighted by Crippen LogP contribution is -2.12. The minimum Gasteiger partial charge on any atom is -0.493 e. The standard InChI is InChI=1S/C13H15NO3/c1-2-11(15)14-12-9-4-6-16-10(9)7-8-3-5-17-13(8)12/h7H,2-6H2,1H3,(H,14,15). The highest BCUT2D eigenvalue weighted by Crippen LogP contribution is 2.44. The average Bonchev–Trinajstić information content (AvgIpc) is 2.96. The summed E-state index contributed by atoms with van der Waals surface area (Å²) in [5.74, 6) is 1.76. The maximum Gasteiger partial charge on any atom is 0.224 e. The lowest BCUT2D eigenvalue weighted by atomic mass is 10.0.